The van der Waals surface area contributed by atoms with Gasteiger partial charge in [0.05, 0.1) is 5.60 Å². The summed E-state index contributed by atoms with van der Waals surface area (Å²) in [7, 11) is 0. The van der Waals surface area contributed by atoms with Crippen LogP contribution >= 0.6 is 0 Å². The van der Waals surface area contributed by atoms with Crippen LogP contribution in [0, 0.1) is 0 Å². The molecule has 0 aliphatic carbocycles. The lowest BCUT2D eigenvalue weighted by molar-refractivity contribution is -0.0143. The van der Waals surface area contributed by atoms with Crippen molar-refractivity contribution in [1.29, 1.82) is 0 Å². The maximum atomic E-state index is 5.76. The quantitative estimate of drug-likeness (QED) is 0.296. The minimum Gasteiger partial charge on any atom is -0.374 e. The van der Waals surface area contributed by atoms with Crippen molar-refractivity contribution in [2.75, 3.05) is 6.61 Å². The van der Waals surface area contributed by atoms with E-state index in [4.69, 9.17) is 10.6 Å². The average molecular weight is 198 g/mol. The topological polar surface area (TPSA) is 47.3 Å². The van der Waals surface area contributed by atoms with Crippen LogP contribution in [0.15, 0.2) is 12.7 Å². The molecule has 3 N–H and O–H groups in total. The minimum absolute atomic E-state index is 0.0596. The molecule has 3 heteroatoms. The van der Waals surface area contributed by atoms with Crippen LogP contribution < -0.4 is 11.3 Å². The lowest BCUT2D eigenvalue weighted by Gasteiger charge is -2.32. The minimum atomic E-state index is -0.0596. The van der Waals surface area contributed by atoms with E-state index in [-0.39, 0.29) is 11.6 Å². The molecule has 0 bridgehead atoms. The summed E-state index contributed by atoms with van der Waals surface area (Å²) in [6.45, 7) is 6.74. The van der Waals surface area contributed by atoms with Gasteiger partial charge in [-0.25, -0.2) is 0 Å². The van der Waals surface area contributed by atoms with Crippen molar-refractivity contribution in [1.82, 2.24) is 5.43 Å². The Morgan fingerprint density at radius 3 is 3.00 bits per heavy atom. The summed E-state index contributed by atoms with van der Waals surface area (Å²) in [6.07, 6.45) is 7.43. The molecule has 0 amide bonds. The Labute approximate surface area is 86.7 Å². The first kappa shape index (κ1) is 11.7. The number of rotatable bonds is 6. The van der Waals surface area contributed by atoms with E-state index in [0.29, 0.717) is 0 Å². The second-order valence-electron chi connectivity index (χ2n) is 4.20. The molecule has 1 heterocycles. The molecule has 0 saturated carbocycles. The Balaban J connectivity index is 2.39. The molecule has 1 aliphatic rings. The second-order valence-corrected chi connectivity index (χ2v) is 4.20. The van der Waals surface area contributed by atoms with Gasteiger partial charge in [-0.2, -0.15) is 0 Å². The van der Waals surface area contributed by atoms with Crippen LogP contribution in [0.3, 0.4) is 0 Å². The van der Waals surface area contributed by atoms with Crippen molar-refractivity contribution in [2.24, 2.45) is 5.84 Å². The number of nitrogens with two attached hydrogens (primary N) is 1. The van der Waals surface area contributed by atoms with Crippen molar-refractivity contribution in [3.05, 3.63) is 12.7 Å². The fourth-order valence-corrected chi connectivity index (χ4v) is 2.11. The highest BCUT2D eigenvalue weighted by molar-refractivity contribution is 4.91. The molecule has 1 saturated heterocycles. The van der Waals surface area contributed by atoms with Gasteiger partial charge in [-0.1, -0.05) is 6.08 Å². The van der Waals surface area contributed by atoms with Crippen LogP contribution in [-0.4, -0.2) is 18.2 Å². The standard InChI is InChI=1S/C11H22N2O/c1-3-4-5-7-10(13-12)11(2)8-6-9-14-11/h3,10,13H,1,4-9,12H2,2H3. The van der Waals surface area contributed by atoms with Gasteiger partial charge in [0, 0.05) is 12.6 Å². The monoisotopic (exact) mass is 198 g/mol. The molecular weight excluding hydrogens is 176 g/mol. The number of hydrazine groups is 1. The van der Waals surface area contributed by atoms with Crippen LogP contribution in [0.1, 0.15) is 39.0 Å². The molecule has 1 rings (SSSR count). The maximum Gasteiger partial charge on any atom is 0.0821 e. The van der Waals surface area contributed by atoms with Gasteiger partial charge in [-0.15, -0.1) is 6.58 Å². The number of hydrogen-bond acceptors (Lipinski definition) is 3. The third-order valence-electron chi connectivity index (χ3n) is 3.09. The fraction of sp³-hybridized carbons (Fsp3) is 0.818. The zero-order valence-corrected chi connectivity index (χ0v) is 9.09. The summed E-state index contributed by atoms with van der Waals surface area (Å²) in [5, 5.41) is 0. The Morgan fingerprint density at radius 2 is 2.50 bits per heavy atom. The number of unbranched alkanes of at least 4 members (excludes halogenated alkanes) is 1. The molecule has 0 aromatic carbocycles. The van der Waals surface area contributed by atoms with Crippen LogP contribution in [0.5, 0.6) is 0 Å². The van der Waals surface area contributed by atoms with E-state index in [0.717, 1.165) is 38.7 Å². The Kier molecular flexibility index (Phi) is 4.58. The van der Waals surface area contributed by atoms with Crippen LogP contribution in [-0.2, 0) is 4.74 Å². The van der Waals surface area contributed by atoms with E-state index in [2.05, 4.69) is 18.9 Å². The highest BCUT2D eigenvalue weighted by Crippen LogP contribution is 2.30. The fourth-order valence-electron chi connectivity index (χ4n) is 2.11. The average Bonchev–Trinajstić information content (AvgIpc) is 2.61. The molecule has 0 radical (unpaired) electrons. The Hall–Kier alpha value is -0.380. The summed E-state index contributed by atoms with van der Waals surface area (Å²) >= 11 is 0. The third-order valence-corrected chi connectivity index (χ3v) is 3.09. The van der Waals surface area contributed by atoms with Gasteiger partial charge in [-0.05, 0) is 39.0 Å². The van der Waals surface area contributed by atoms with Gasteiger partial charge in [0.2, 0.25) is 0 Å². The first-order valence-corrected chi connectivity index (χ1v) is 5.44. The second kappa shape index (κ2) is 5.49. The van der Waals surface area contributed by atoms with E-state index < -0.39 is 0 Å². The SMILES string of the molecule is C=CCCCC(NN)C1(C)CCCO1. The number of allylic oxidation sites excluding steroid dienone is 1. The summed E-state index contributed by atoms with van der Waals surface area (Å²) in [6, 6.07) is 0.268. The largest absolute Gasteiger partial charge is 0.374 e. The summed E-state index contributed by atoms with van der Waals surface area (Å²) in [5.41, 5.74) is 2.82. The zero-order valence-electron chi connectivity index (χ0n) is 9.09. The van der Waals surface area contributed by atoms with Crippen LogP contribution in [0.2, 0.25) is 0 Å². The molecule has 0 aromatic rings. The summed E-state index contributed by atoms with van der Waals surface area (Å²) in [4.78, 5) is 0. The third kappa shape index (κ3) is 2.80. The van der Waals surface area contributed by atoms with Gasteiger partial charge >= 0.3 is 0 Å². The number of hydrogen-bond donors (Lipinski definition) is 2. The van der Waals surface area contributed by atoms with Gasteiger partial charge in [0.25, 0.3) is 0 Å². The van der Waals surface area contributed by atoms with Gasteiger partial charge < -0.3 is 4.74 Å². The highest BCUT2D eigenvalue weighted by Gasteiger charge is 2.37. The maximum absolute atomic E-state index is 5.76. The van der Waals surface area contributed by atoms with Crippen molar-refractivity contribution >= 4 is 0 Å². The van der Waals surface area contributed by atoms with E-state index in [1.165, 1.54) is 0 Å². The molecule has 1 aliphatic heterocycles. The van der Waals surface area contributed by atoms with Crippen molar-refractivity contribution < 1.29 is 4.74 Å². The van der Waals surface area contributed by atoms with Crippen LogP contribution in [0.4, 0.5) is 0 Å². The molecule has 3 nitrogen and oxygen atoms in total. The summed E-state index contributed by atoms with van der Waals surface area (Å²) in [5.74, 6) is 5.56. The first-order chi connectivity index (χ1) is 6.73. The summed E-state index contributed by atoms with van der Waals surface area (Å²) < 4.78 is 5.76. The van der Waals surface area contributed by atoms with Crippen molar-refractivity contribution in [3.63, 3.8) is 0 Å². The predicted octanol–water partition coefficient (Wildman–Crippen LogP) is 1.74. The molecule has 2 unspecified atom stereocenters. The zero-order chi connectivity index (χ0) is 10.4. The molecule has 14 heavy (non-hydrogen) atoms. The molecule has 0 aromatic heterocycles. The Bertz CT molecular complexity index is 176. The van der Waals surface area contributed by atoms with E-state index in [9.17, 15) is 0 Å². The molecular formula is C11H22N2O. The normalized spacial score (nSPS) is 29.0. The Morgan fingerprint density at radius 1 is 1.71 bits per heavy atom. The molecule has 0 spiro atoms. The molecule has 1 fully saturated rings. The number of ether oxygens (including phenoxy) is 1. The number of nitrogens with one attached hydrogen (secondary N) is 1. The van der Waals surface area contributed by atoms with Gasteiger partial charge in [-0.3, -0.25) is 11.3 Å². The van der Waals surface area contributed by atoms with Crippen molar-refractivity contribution in [2.45, 2.75) is 50.7 Å². The lowest BCUT2D eigenvalue weighted by Crippen LogP contribution is -2.51. The van der Waals surface area contributed by atoms with E-state index in [1.54, 1.807) is 0 Å². The molecule has 2 atom stereocenters. The van der Waals surface area contributed by atoms with E-state index in [1.807, 2.05) is 6.08 Å². The highest BCUT2D eigenvalue weighted by atomic mass is 16.5. The predicted molar refractivity (Wildman–Crippen MR) is 58.8 cm³/mol. The molecule has 82 valence electrons. The van der Waals surface area contributed by atoms with E-state index >= 15 is 0 Å². The van der Waals surface area contributed by atoms with Gasteiger partial charge in [0.1, 0.15) is 0 Å². The van der Waals surface area contributed by atoms with Crippen LogP contribution in [0.25, 0.3) is 0 Å². The lowest BCUT2D eigenvalue weighted by atomic mass is 9.90. The first-order valence-electron chi connectivity index (χ1n) is 5.44. The smallest absolute Gasteiger partial charge is 0.0821 e. The van der Waals surface area contributed by atoms with Gasteiger partial charge in [0.15, 0.2) is 0 Å². The van der Waals surface area contributed by atoms with Crippen molar-refractivity contribution in [3.8, 4) is 0 Å².